The van der Waals surface area contributed by atoms with Gasteiger partial charge in [-0.2, -0.15) is 0 Å². The molecule has 0 spiro atoms. The van der Waals surface area contributed by atoms with Crippen molar-refractivity contribution in [2.45, 2.75) is 246 Å². The molecule has 0 amide bonds. The molecule has 0 fully saturated rings. The Morgan fingerprint density at radius 2 is 0.511 bits per heavy atom. The van der Waals surface area contributed by atoms with Crippen LogP contribution in [0.1, 0.15) is 246 Å². The smallest absolute Gasteiger partial charge is 0.302 e. The van der Waals surface area contributed by atoms with E-state index in [2.05, 4.69) is 27.7 Å². The van der Waals surface area contributed by atoms with E-state index in [0.717, 1.165) is 37.5 Å². The van der Waals surface area contributed by atoms with Crippen LogP contribution < -0.4 is 0 Å². The van der Waals surface area contributed by atoms with Crippen molar-refractivity contribution in [3.05, 3.63) is 0 Å². The number of hydrogen-bond acceptors (Lipinski definition) is 3. The molecule has 0 unspecified atom stereocenters. The average molecular weight is 687 g/mol. The Balaban J connectivity index is 3.26. The Morgan fingerprint density at radius 1 is 0.340 bits per heavy atom. The number of phosphoric ester groups is 1. The second-order valence-corrected chi connectivity index (χ2v) is 17.3. The summed E-state index contributed by atoms with van der Waals surface area (Å²) in [6.07, 6.45) is 45.2. The third kappa shape index (κ3) is 42.2. The molecule has 47 heavy (non-hydrogen) atoms. The highest BCUT2D eigenvalue weighted by molar-refractivity contribution is 7.47. The standard InChI is InChI=1S/C42H87O4P/c1-41(2)37-33-29-25-21-17-13-9-5-7-11-15-19-23-27-31-35-39-45-47(43,44)46-40-36-32-28-24-20-16-12-8-6-10-14-18-22-26-30-34-38-42(3)4/h41-42H,5-40H2,1-4H3,(H,43,44). The predicted octanol–water partition coefficient (Wildman–Crippen LogP) is 15.7. The zero-order valence-electron chi connectivity index (χ0n) is 32.7. The van der Waals surface area contributed by atoms with Gasteiger partial charge in [0.05, 0.1) is 13.2 Å². The first-order chi connectivity index (χ1) is 22.8. The number of rotatable bonds is 40. The quantitative estimate of drug-likeness (QED) is 0.0515. The van der Waals surface area contributed by atoms with E-state index >= 15 is 0 Å². The summed E-state index contributed by atoms with van der Waals surface area (Å²) in [4.78, 5) is 9.93. The minimum absolute atomic E-state index is 0.324. The zero-order chi connectivity index (χ0) is 34.5. The van der Waals surface area contributed by atoms with Crippen LogP contribution in [0.25, 0.3) is 0 Å². The van der Waals surface area contributed by atoms with Crippen molar-refractivity contribution in [3.8, 4) is 0 Å². The molecular formula is C42H87O4P. The van der Waals surface area contributed by atoms with Gasteiger partial charge >= 0.3 is 7.82 Å². The third-order valence-electron chi connectivity index (χ3n) is 9.86. The molecule has 0 aliphatic heterocycles. The molecule has 0 atom stereocenters. The van der Waals surface area contributed by atoms with Crippen LogP contribution in [0, 0.1) is 11.8 Å². The molecule has 1 N–H and O–H groups in total. The van der Waals surface area contributed by atoms with Gasteiger partial charge in [-0.05, 0) is 24.7 Å². The predicted molar refractivity (Wildman–Crippen MR) is 208 cm³/mol. The lowest BCUT2D eigenvalue weighted by Crippen LogP contribution is -1.99. The summed E-state index contributed by atoms with van der Waals surface area (Å²) in [5.74, 6) is 1.73. The van der Waals surface area contributed by atoms with Gasteiger partial charge in [0.25, 0.3) is 0 Å². The molecule has 0 rings (SSSR count). The first-order valence-electron chi connectivity index (χ1n) is 21.5. The van der Waals surface area contributed by atoms with E-state index in [1.54, 1.807) is 0 Å². The molecule has 0 aromatic heterocycles. The van der Waals surface area contributed by atoms with Crippen molar-refractivity contribution in [2.75, 3.05) is 13.2 Å². The Hall–Kier alpha value is 0.110. The topological polar surface area (TPSA) is 55.8 Å². The van der Waals surface area contributed by atoms with E-state index in [1.165, 1.54) is 193 Å². The normalized spacial score (nSPS) is 12.2. The van der Waals surface area contributed by atoms with Crippen LogP contribution in [0.5, 0.6) is 0 Å². The van der Waals surface area contributed by atoms with Crippen molar-refractivity contribution in [3.63, 3.8) is 0 Å². The number of unbranched alkanes of at least 4 members (excludes halogenated alkanes) is 30. The largest absolute Gasteiger partial charge is 0.472 e. The maximum atomic E-state index is 12.1. The van der Waals surface area contributed by atoms with Gasteiger partial charge < -0.3 is 4.89 Å². The number of hydrogen-bond donors (Lipinski definition) is 1. The van der Waals surface area contributed by atoms with Crippen LogP contribution in [-0.4, -0.2) is 18.1 Å². The lowest BCUT2D eigenvalue weighted by Gasteiger charge is -2.12. The Morgan fingerprint density at radius 3 is 0.702 bits per heavy atom. The zero-order valence-corrected chi connectivity index (χ0v) is 33.6. The first-order valence-corrected chi connectivity index (χ1v) is 22.9. The molecule has 0 radical (unpaired) electrons. The SMILES string of the molecule is CC(C)CCCCCCCCCCCCCCCCCCOP(=O)(O)OCCCCCCCCCCCCCCCCCCC(C)C. The molecule has 4 nitrogen and oxygen atoms in total. The van der Waals surface area contributed by atoms with Crippen molar-refractivity contribution >= 4 is 7.82 Å². The first kappa shape index (κ1) is 47.1. The van der Waals surface area contributed by atoms with E-state index in [-0.39, 0.29) is 0 Å². The van der Waals surface area contributed by atoms with Crippen molar-refractivity contribution in [1.82, 2.24) is 0 Å². The van der Waals surface area contributed by atoms with Gasteiger partial charge in [0.2, 0.25) is 0 Å². The average Bonchev–Trinajstić information content (AvgIpc) is 3.03. The lowest BCUT2D eigenvalue weighted by molar-refractivity contribution is 0.145. The van der Waals surface area contributed by atoms with Crippen molar-refractivity contribution in [1.29, 1.82) is 0 Å². The second-order valence-electron chi connectivity index (χ2n) is 15.8. The summed E-state index contributed by atoms with van der Waals surface area (Å²) < 4.78 is 22.5. The fourth-order valence-electron chi connectivity index (χ4n) is 6.66. The van der Waals surface area contributed by atoms with Gasteiger partial charge in [0, 0.05) is 0 Å². The molecule has 0 heterocycles. The molecule has 0 saturated carbocycles. The van der Waals surface area contributed by atoms with Crippen LogP contribution in [0.4, 0.5) is 0 Å². The molecule has 0 aromatic rings. The Kier molecular flexibility index (Phi) is 37.5. The fourth-order valence-corrected chi connectivity index (χ4v) is 7.45. The highest BCUT2D eigenvalue weighted by Gasteiger charge is 2.19. The van der Waals surface area contributed by atoms with Gasteiger partial charge in [0.1, 0.15) is 0 Å². The van der Waals surface area contributed by atoms with Crippen LogP contribution in [-0.2, 0) is 13.6 Å². The van der Waals surface area contributed by atoms with Gasteiger partial charge in [-0.15, -0.1) is 0 Å². The molecular weight excluding hydrogens is 599 g/mol. The van der Waals surface area contributed by atoms with Crippen molar-refractivity contribution < 1.29 is 18.5 Å². The minimum Gasteiger partial charge on any atom is -0.302 e. The van der Waals surface area contributed by atoms with Crippen molar-refractivity contribution in [2.24, 2.45) is 11.8 Å². The van der Waals surface area contributed by atoms with E-state index in [1.807, 2.05) is 0 Å². The Labute approximate surface area is 296 Å². The van der Waals surface area contributed by atoms with Crippen LogP contribution in [0.15, 0.2) is 0 Å². The highest BCUT2D eigenvalue weighted by atomic mass is 31.2. The number of phosphoric acid groups is 1. The molecule has 284 valence electrons. The summed E-state index contributed by atoms with van der Waals surface area (Å²) in [5, 5.41) is 0. The van der Waals surface area contributed by atoms with Gasteiger partial charge in [0.15, 0.2) is 0 Å². The van der Waals surface area contributed by atoms with Crippen LogP contribution >= 0.6 is 7.82 Å². The van der Waals surface area contributed by atoms with E-state index in [4.69, 9.17) is 9.05 Å². The van der Waals surface area contributed by atoms with E-state index in [9.17, 15) is 9.46 Å². The molecule has 0 aromatic carbocycles. The molecule has 0 aliphatic rings. The lowest BCUT2D eigenvalue weighted by atomic mass is 10.0. The Bertz CT molecular complexity index is 588. The second kappa shape index (κ2) is 37.4. The molecule has 0 saturated heterocycles. The molecule has 0 bridgehead atoms. The van der Waals surface area contributed by atoms with Gasteiger partial charge in [-0.3, -0.25) is 9.05 Å². The molecule has 0 aliphatic carbocycles. The highest BCUT2D eigenvalue weighted by Crippen LogP contribution is 2.43. The minimum atomic E-state index is -3.88. The maximum Gasteiger partial charge on any atom is 0.472 e. The van der Waals surface area contributed by atoms with Crippen LogP contribution in [0.2, 0.25) is 0 Å². The monoisotopic (exact) mass is 687 g/mol. The van der Waals surface area contributed by atoms with Gasteiger partial charge in [-0.1, -0.05) is 233 Å². The summed E-state index contributed by atoms with van der Waals surface area (Å²) in [6, 6.07) is 0. The van der Waals surface area contributed by atoms with Crippen LogP contribution in [0.3, 0.4) is 0 Å². The fraction of sp³-hybridized carbons (Fsp3) is 1.00. The maximum absolute atomic E-state index is 12.1. The van der Waals surface area contributed by atoms with Gasteiger partial charge in [-0.25, -0.2) is 4.57 Å². The van der Waals surface area contributed by atoms with E-state index in [0.29, 0.717) is 13.2 Å². The molecule has 5 heteroatoms. The van der Waals surface area contributed by atoms with E-state index < -0.39 is 7.82 Å². The summed E-state index contributed by atoms with van der Waals surface area (Å²) in [6.45, 7) is 9.96. The third-order valence-corrected chi connectivity index (χ3v) is 10.9. The summed E-state index contributed by atoms with van der Waals surface area (Å²) >= 11 is 0. The summed E-state index contributed by atoms with van der Waals surface area (Å²) in [7, 11) is -3.88. The summed E-state index contributed by atoms with van der Waals surface area (Å²) in [5.41, 5.74) is 0.